The highest BCUT2D eigenvalue weighted by molar-refractivity contribution is 7.94. The van der Waals surface area contributed by atoms with Gasteiger partial charge in [-0.3, -0.25) is 38.3 Å². The van der Waals surface area contributed by atoms with Crippen molar-refractivity contribution in [3.05, 3.63) is 91.3 Å². The molecule has 0 radical (unpaired) electrons. The Bertz CT molecular complexity index is 3310. The Hall–Kier alpha value is -4.91. The first-order chi connectivity index (χ1) is 30.7. The van der Waals surface area contributed by atoms with Crippen LogP contribution in [0.3, 0.4) is 0 Å². The highest BCUT2D eigenvalue weighted by atomic mass is 32.3. The molecule has 0 aliphatic rings. The lowest BCUT2D eigenvalue weighted by Crippen LogP contribution is -2.48. The van der Waals surface area contributed by atoms with Crippen LogP contribution in [0.1, 0.15) is 5.56 Å². The molecule has 0 spiro atoms. The van der Waals surface area contributed by atoms with Gasteiger partial charge in [0, 0.05) is 4.90 Å². The molecule has 0 aliphatic carbocycles. The average Bonchev–Trinajstić information content (AvgIpc) is 3.22. The average molecular weight is 1070 g/mol. The van der Waals surface area contributed by atoms with Crippen LogP contribution < -0.4 is 32.4 Å². The molecule has 30 nitrogen and oxygen atoms in total. The molecule has 4 aromatic carbocycles. The molecule has 0 fully saturated rings. The third kappa shape index (κ3) is 14.5. The smallest absolute Gasteiger partial charge is 0.397 e. The van der Waals surface area contributed by atoms with Gasteiger partial charge in [-0.15, -0.1) is 18.9 Å². The first-order valence-electron chi connectivity index (χ1n) is 16.6. The second-order valence-corrected chi connectivity index (χ2v) is 21.4. The van der Waals surface area contributed by atoms with Gasteiger partial charge in [-0.1, -0.05) is 10.1 Å². The first kappa shape index (κ1) is 53.7. The van der Waals surface area contributed by atoms with Gasteiger partial charge in [0.25, 0.3) is 20.2 Å². The summed E-state index contributed by atoms with van der Waals surface area (Å²) in [6.45, 7) is -0.223. The fourth-order valence-corrected chi connectivity index (χ4v) is 9.62. The summed E-state index contributed by atoms with van der Waals surface area (Å²) in [7, 11) is -24.2. The number of anilines is 2. The van der Waals surface area contributed by atoms with E-state index in [1.165, 1.54) is 6.92 Å². The lowest BCUT2D eigenvalue weighted by Gasteiger charge is -2.11. The second-order valence-electron chi connectivity index (χ2n) is 12.1. The van der Waals surface area contributed by atoms with E-state index < -0.39 is 134 Å². The fraction of sp³-hybridized carbons (Fsp3) is 0.172. The van der Waals surface area contributed by atoms with E-state index >= 15 is 0 Å². The minimum Gasteiger partial charge on any atom is -0.504 e. The number of hydrogen-bond acceptors (Lipinski definition) is 29. The van der Waals surface area contributed by atoms with Gasteiger partial charge in [0.2, 0.25) is 10.9 Å². The molecular weight excluding hydrogens is 1040 g/mol. The van der Waals surface area contributed by atoms with Crippen LogP contribution >= 0.6 is 24.4 Å². The third-order valence-corrected chi connectivity index (χ3v) is 14.5. The number of nitrogens with one attached hydrogen (secondary N) is 2. The van der Waals surface area contributed by atoms with Gasteiger partial charge >= 0.3 is 10.4 Å². The van der Waals surface area contributed by atoms with E-state index in [0.29, 0.717) is 30.2 Å². The Labute approximate surface area is 378 Å². The molecule has 8 N–H and O–H groups in total. The minimum absolute atomic E-state index is 0.00111. The van der Waals surface area contributed by atoms with Crippen LogP contribution in [0.5, 0.6) is 5.75 Å². The molecule has 0 atom stereocenters. The molecule has 360 valence electrons. The van der Waals surface area contributed by atoms with Crippen molar-refractivity contribution in [1.29, 1.82) is 0 Å². The number of hydrogen-bond donors (Lipinski definition) is 8. The monoisotopic (exact) mass is 1070 g/mol. The summed E-state index contributed by atoms with van der Waals surface area (Å²) in [5.41, 5.74) is -1.54. The molecule has 37 heteroatoms. The Morgan fingerprint density at radius 1 is 0.667 bits per heavy atom. The Morgan fingerprint density at radius 2 is 1.26 bits per heavy atom. The Balaban J connectivity index is 1.90. The van der Waals surface area contributed by atoms with E-state index in [4.69, 9.17) is 19.3 Å². The van der Waals surface area contributed by atoms with Crippen molar-refractivity contribution >= 4 is 97.4 Å². The summed E-state index contributed by atoms with van der Waals surface area (Å²) in [5.74, 6) is -3.18. The normalized spacial score (nSPS) is 13.4. The van der Waals surface area contributed by atoms with Gasteiger partial charge in [0.1, 0.15) is 15.5 Å². The lowest BCUT2D eigenvalue weighted by atomic mass is 10.2. The van der Waals surface area contributed by atoms with E-state index in [-0.39, 0.29) is 33.4 Å². The highest BCUT2D eigenvalue weighted by Gasteiger charge is 2.25. The van der Waals surface area contributed by atoms with Gasteiger partial charge in [-0.05, 0) is 67.1 Å². The molecule has 0 aromatic heterocycles. The van der Waals surface area contributed by atoms with Crippen LogP contribution in [-0.4, -0.2) is 96.1 Å². The molecule has 0 amide bonds. The van der Waals surface area contributed by atoms with Crippen LogP contribution in [0.2, 0.25) is 0 Å². The van der Waals surface area contributed by atoms with Crippen molar-refractivity contribution in [3.8, 4) is 5.75 Å². The number of nitrogens with zero attached hydrogens (tertiary/aromatic N) is 4. The summed E-state index contributed by atoms with van der Waals surface area (Å²) in [4.78, 5) is 24.2. The molecule has 0 bridgehead atoms. The van der Waals surface area contributed by atoms with Crippen LogP contribution in [0.15, 0.2) is 109 Å². The Morgan fingerprint density at radius 3 is 1.86 bits per heavy atom. The zero-order valence-corrected chi connectivity index (χ0v) is 37.9. The van der Waals surface area contributed by atoms with E-state index in [9.17, 15) is 65.9 Å². The zero-order chi connectivity index (χ0) is 49.3. The number of phenols is 1. The number of aromatic hydroxyl groups is 1. The maximum atomic E-state index is 13.7. The van der Waals surface area contributed by atoms with Crippen molar-refractivity contribution in [3.63, 3.8) is 0 Å². The maximum Gasteiger partial charge on any atom is 0.397 e. The predicted molar refractivity (Wildman–Crippen MR) is 220 cm³/mol. The molecule has 0 aliphatic heterocycles. The van der Waals surface area contributed by atoms with Crippen molar-refractivity contribution < 1.29 is 98.5 Å². The van der Waals surface area contributed by atoms with Gasteiger partial charge in [0.15, 0.2) is 54.1 Å². The quantitative estimate of drug-likeness (QED) is 0.0127. The standard InChI is InChI=1S/C29H28N6O24S7/c1-15-12-22(64(45,46)47)20(14-21(15)60-58-56-39)32-35-26-28(37)24(33-30-16-2-4-17(5-3-16)62(41,42)10-8-54-61-59-57-40)27(36)25(29(26)38)34-31-19-7-6-18(13-23(19)65(48,49)50)63(43,44)11-9-55-66(51,52)53/h2-7,12-14,30,32,38-40H,8-11H2,1H3,(H,45,46,47)(H,48,49,50)(H,51,52,53)/b33-24+,34-31?,35-26-. The van der Waals surface area contributed by atoms with Crippen molar-refractivity contribution in [2.45, 2.75) is 31.4 Å². The van der Waals surface area contributed by atoms with Crippen LogP contribution in [-0.2, 0) is 77.4 Å². The molecule has 4 rings (SSSR count). The molecule has 0 unspecified atom stereocenters. The predicted octanol–water partition coefficient (Wildman–Crippen LogP) is 0.857. The molecule has 4 aromatic rings. The largest absolute Gasteiger partial charge is 0.504 e. The molecule has 66 heavy (non-hydrogen) atoms. The van der Waals surface area contributed by atoms with Gasteiger partial charge in [-0.25, -0.2) is 31.5 Å². The molecule has 0 saturated heterocycles. The van der Waals surface area contributed by atoms with Gasteiger partial charge in [0.05, 0.1) is 57.9 Å². The van der Waals surface area contributed by atoms with Crippen molar-refractivity contribution in [2.75, 3.05) is 35.6 Å². The van der Waals surface area contributed by atoms with Crippen LogP contribution in [0.4, 0.5) is 22.7 Å². The highest BCUT2D eigenvalue weighted by Crippen LogP contribution is 2.33. The van der Waals surface area contributed by atoms with Crippen molar-refractivity contribution in [2.24, 2.45) is 20.4 Å². The minimum atomic E-state index is -5.43. The summed E-state index contributed by atoms with van der Waals surface area (Å²) in [6.07, 6.45) is 0. The lowest BCUT2D eigenvalue weighted by molar-refractivity contribution is -0.434. The van der Waals surface area contributed by atoms with Crippen molar-refractivity contribution in [1.82, 2.24) is 0 Å². The molecule has 0 heterocycles. The SMILES string of the molecule is Cc1cc(S(=O)(=O)O)c(N/N=c2\c(O)c(N=Nc3ccc(S(=O)(=O)CCOS(=O)(=O)O)cc3S(=O)(=O)O)c(=O)/c(=N\Nc3ccc(S(=O)(=O)CCOSOOO)cc3)c2=O)cc1SOOO. The topological polar surface area (TPSA) is 455 Å². The maximum absolute atomic E-state index is 13.7. The second kappa shape index (κ2) is 22.3. The number of phenolic OH excluding ortho intramolecular Hbond substituents is 1. The summed E-state index contributed by atoms with van der Waals surface area (Å²) < 4.78 is 167. The zero-order valence-electron chi connectivity index (χ0n) is 32.2. The number of rotatable bonds is 23. The van der Waals surface area contributed by atoms with Gasteiger partial charge in [-0.2, -0.15) is 35.5 Å². The third-order valence-electron chi connectivity index (χ3n) is 7.77. The fourth-order valence-electron chi connectivity index (χ4n) is 4.81. The van der Waals surface area contributed by atoms with E-state index in [1.807, 2.05) is 0 Å². The van der Waals surface area contributed by atoms with E-state index in [2.05, 4.69) is 54.2 Å². The van der Waals surface area contributed by atoms with Gasteiger partial charge < -0.3 is 5.11 Å². The Kier molecular flexibility index (Phi) is 18.1. The number of benzene rings is 4. The number of sulfone groups is 2. The molecule has 0 saturated carbocycles. The summed E-state index contributed by atoms with van der Waals surface area (Å²) >= 11 is 0.458. The number of azo groups is 1. The molecular formula is C29H28N6O24S7. The number of aryl methyl sites for hydroxylation is 1. The van der Waals surface area contributed by atoms with Crippen LogP contribution in [0, 0.1) is 6.92 Å². The van der Waals surface area contributed by atoms with E-state index in [1.54, 1.807) is 0 Å². The summed E-state index contributed by atoms with van der Waals surface area (Å²) in [5, 5.41) is 46.7. The summed E-state index contributed by atoms with van der Waals surface area (Å²) in [6, 6.07) is 7.85. The van der Waals surface area contributed by atoms with E-state index in [0.717, 1.165) is 36.4 Å². The first-order valence-corrected chi connectivity index (χ1v) is 25.6. The van der Waals surface area contributed by atoms with Crippen LogP contribution in [0.25, 0.3) is 0 Å².